The maximum atomic E-state index is 5.08. The summed E-state index contributed by atoms with van der Waals surface area (Å²) in [6, 6.07) is 15.5. The van der Waals surface area contributed by atoms with Crippen molar-refractivity contribution in [2.75, 3.05) is 0 Å². The molecule has 0 radical (unpaired) electrons. The first kappa shape index (κ1) is 18.1. The summed E-state index contributed by atoms with van der Waals surface area (Å²) in [6.07, 6.45) is 7.77. The molecule has 1 aliphatic heterocycles. The van der Waals surface area contributed by atoms with E-state index in [1.165, 1.54) is 50.1 Å². The molecule has 3 aliphatic rings. The second kappa shape index (κ2) is 6.29. The van der Waals surface area contributed by atoms with Gasteiger partial charge in [-0.2, -0.15) is 0 Å². The predicted octanol–water partition coefficient (Wildman–Crippen LogP) is 7.51. The van der Waals surface area contributed by atoms with E-state index in [2.05, 4.69) is 95.3 Å². The molecule has 0 unspecified atom stereocenters. The number of fused-ring (bicyclic) bond motifs is 3. The monoisotopic (exact) mass is 377 g/mol. The van der Waals surface area contributed by atoms with Crippen molar-refractivity contribution in [2.24, 2.45) is 4.99 Å². The SMILES string of the molecule is CC1=C(C)C(c2ccccc2)=C2C1=Nc1cc(C)c(C(C)(C)C3=CC=CC3)cc12. The van der Waals surface area contributed by atoms with Crippen LogP contribution in [0.5, 0.6) is 0 Å². The summed E-state index contributed by atoms with van der Waals surface area (Å²) in [6.45, 7) is 11.4. The standard InChI is InChI=1S/C28H27N/c1-17-15-24-22(16-23(17)28(4,5)21-13-9-10-14-21)26-25(20-11-7-6-8-12-20)18(2)19(3)27(26)29-24/h6-13,15-16H,14H2,1-5H3. The minimum atomic E-state index is 0.00889. The fourth-order valence-corrected chi connectivity index (χ4v) is 5.09. The van der Waals surface area contributed by atoms with Crippen molar-refractivity contribution >= 4 is 22.5 Å². The van der Waals surface area contributed by atoms with Gasteiger partial charge >= 0.3 is 0 Å². The van der Waals surface area contributed by atoms with Gasteiger partial charge in [0.2, 0.25) is 0 Å². The summed E-state index contributed by atoms with van der Waals surface area (Å²) < 4.78 is 0. The maximum Gasteiger partial charge on any atom is 0.0754 e. The van der Waals surface area contributed by atoms with Gasteiger partial charge < -0.3 is 0 Å². The highest BCUT2D eigenvalue weighted by atomic mass is 14.8. The lowest BCUT2D eigenvalue weighted by Crippen LogP contribution is -2.21. The molecule has 0 amide bonds. The van der Waals surface area contributed by atoms with Crippen LogP contribution < -0.4 is 0 Å². The Balaban J connectivity index is 1.73. The van der Waals surface area contributed by atoms with Gasteiger partial charge in [-0.3, -0.25) is 0 Å². The predicted molar refractivity (Wildman–Crippen MR) is 125 cm³/mol. The lowest BCUT2D eigenvalue weighted by Gasteiger charge is -2.30. The average Bonchev–Trinajstić information content (AvgIpc) is 3.41. The van der Waals surface area contributed by atoms with E-state index in [4.69, 9.17) is 4.99 Å². The van der Waals surface area contributed by atoms with Crippen molar-refractivity contribution in [1.82, 2.24) is 0 Å². The van der Waals surface area contributed by atoms with Gasteiger partial charge in [-0.05, 0) is 72.7 Å². The van der Waals surface area contributed by atoms with Crippen LogP contribution >= 0.6 is 0 Å². The first-order chi connectivity index (χ1) is 13.9. The number of aryl methyl sites for hydroxylation is 1. The number of hydrogen-bond donors (Lipinski definition) is 0. The molecule has 0 spiro atoms. The van der Waals surface area contributed by atoms with Crippen LogP contribution in [-0.4, -0.2) is 5.71 Å². The third kappa shape index (κ3) is 2.57. The molecule has 29 heavy (non-hydrogen) atoms. The molecule has 0 fully saturated rings. The molecular weight excluding hydrogens is 350 g/mol. The van der Waals surface area contributed by atoms with Crippen LogP contribution in [0.4, 0.5) is 5.69 Å². The molecule has 2 aromatic rings. The van der Waals surface area contributed by atoms with Crippen LogP contribution in [0.15, 0.2) is 82.4 Å². The minimum Gasteiger partial charge on any atom is -0.247 e. The van der Waals surface area contributed by atoms with Gasteiger partial charge in [0.05, 0.1) is 11.4 Å². The van der Waals surface area contributed by atoms with E-state index in [9.17, 15) is 0 Å². The first-order valence-electron chi connectivity index (χ1n) is 10.5. The molecule has 0 N–H and O–H groups in total. The summed E-state index contributed by atoms with van der Waals surface area (Å²) in [5.74, 6) is 0. The molecular formula is C28H27N. The molecule has 5 rings (SSSR count). The molecule has 2 aliphatic carbocycles. The minimum absolute atomic E-state index is 0.00889. The molecule has 144 valence electrons. The van der Waals surface area contributed by atoms with E-state index >= 15 is 0 Å². The van der Waals surface area contributed by atoms with E-state index in [1.807, 2.05) is 0 Å². The maximum absolute atomic E-state index is 5.08. The molecule has 1 nitrogen and oxygen atoms in total. The Morgan fingerprint density at radius 2 is 1.66 bits per heavy atom. The number of allylic oxidation sites excluding steroid dienone is 8. The highest BCUT2D eigenvalue weighted by Crippen LogP contribution is 2.51. The quantitative estimate of drug-likeness (QED) is 0.525. The molecule has 1 heteroatoms. The van der Waals surface area contributed by atoms with Gasteiger partial charge in [0.15, 0.2) is 0 Å². The molecule has 2 aromatic carbocycles. The summed E-state index contributed by atoms with van der Waals surface area (Å²) in [4.78, 5) is 5.08. The van der Waals surface area contributed by atoms with Crippen molar-refractivity contribution in [2.45, 2.75) is 46.5 Å². The van der Waals surface area contributed by atoms with Gasteiger partial charge in [0, 0.05) is 16.6 Å². The first-order valence-corrected chi connectivity index (χ1v) is 10.5. The summed E-state index contributed by atoms with van der Waals surface area (Å²) in [5.41, 5.74) is 14.4. The van der Waals surface area contributed by atoms with Crippen LogP contribution in [-0.2, 0) is 5.41 Å². The van der Waals surface area contributed by atoms with Gasteiger partial charge in [-0.25, -0.2) is 4.99 Å². The number of benzene rings is 2. The van der Waals surface area contributed by atoms with Gasteiger partial charge in [0.1, 0.15) is 0 Å². The summed E-state index contributed by atoms with van der Waals surface area (Å²) >= 11 is 0. The van der Waals surface area contributed by atoms with Crippen molar-refractivity contribution in [3.05, 3.63) is 99.7 Å². The third-order valence-electron chi connectivity index (χ3n) is 6.93. The number of hydrogen-bond acceptors (Lipinski definition) is 1. The third-order valence-corrected chi connectivity index (χ3v) is 6.93. The van der Waals surface area contributed by atoms with E-state index < -0.39 is 0 Å². The van der Waals surface area contributed by atoms with Crippen LogP contribution in [0.3, 0.4) is 0 Å². The highest BCUT2D eigenvalue weighted by Gasteiger charge is 2.35. The van der Waals surface area contributed by atoms with E-state index in [-0.39, 0.29) is 5.41 Å². The second-order valence-electron chi connectivity index (χ2n) is 8.96. The number of nitrogens with zero attached hydrogens (tertiary/aromatic N) is 1. The lowest BCUT2D eigenvalue weighted by molar-refractivity contribution is 0.609. The van der Waals surface area contributed by atoms with Gasteiger partial charge in [-0.1, -0.05) is 68.0 Å². The van der Waals surface area contributed by atoms with Crippen molar-refractivity contribution in [3.63, 3.8) is 0 Å². The van der Waals surface area contributed by atoms with E-state index in [1.54, 1.807) is 0 Å². The molecule has 0 atom stereocenters. The molecule has 0 aromatic heterocycles. The normalized spacial score (nSPS) is 17.7. The summed E-state index contributed by atoms with van der Waals surface area (Å²) in [7, 11) is 0. The Hall–Kier alpha value is -2.93. The van der Waals surface area contributed by atoms with Crippen molar-refractivity contribution in [3.8, 4) is 0 Å². The number of aliphatic imine (C=N–C) groups is 1. The average molecular weight is 378 g/mol. The Kier molecular flexibility index (Phi) is 3.93. The van der Waals surface area contributed by atoms with Crippen LogP contribution in [0, 0.1) is 6.92 Å². The van der Waals surface area contributed by atoms with Gasteiger partial charge in [-0.15, -0.1) is 0 Å². The second-order valence-corrected chi connectivity index (χ2v) is 8.96. The smallest absolute Gasteiger partial charge is 0.0754 e. The zero-order chi connectivity index (χ0) is 20.3. The van der Waals surface area contributed by atoms with E-state index in [0.29, 0.717) is 0 Å². The Morgan fingerprint density at radius 3 is 2.34 bits per heavy atom. The fourth-order valence-electron chi connectivity index (χ4n) is 5.09. The van der Waals surface area contributed by atoms with E-state index in [0.717, 1.165) is 17.8 Å². The topological polar surface area (TPSA) is 12.4 Å². The van der Waals surface area contributed by atoms with Crippen LogP contribution in [0.1, 0.15) is 56.4 Å². The van der Waals surface area contributed by atoms with Crippen molar-refractivity contribution in [1.29, 1.82) is 0 Å². The Morgan fingerprint density at radius 1 is 0.897 bits per heavy atom. The van der Waals surface area contributed by atoms with Crippen molar-refractivity contribution < 1.29 is 0 Å². The molecule has 0 saturated carbocycles. The molecule has 0 bridgehead atoms. The largest absolute Gasteiger partial charge is 0.247 e. The van der Waals surface area contributed by atoms with Crippen LogP contribution in [0.2, 0.25) is 0 Å². The Labute approximate surface area is 173 Å². The number of rotatable bonds is 3. The zero-order valence-electron chi connectivity index (χ0n) is 17.9. The summed E-state index contributed by atoms with van der Waals surface area (Å²) in [5, 5.41) is 0. The molecule has 1 heterocycles. The highest BCUT2D eigenvalue weighted by molar-refractivity contribution is 6.45. The van der Waals surface area contributed by atoms with Crippen LogP contribution in [0.25, 0.3) is 11.1 Å². The molecule has 0 saturated heterocycles. The zero-order valence-corrected chi connectivity index (χ0v) is 17.9. The Bertz CT molecular complexity index is 1190. The fraction of sp³-hybridized carbons (Fsp3) is 0.250. The lowest BCUT2D eigenvalue weighted by atomic mass is 9.74. The van der Waals surface area contributed by atoms with Gasteiger partial charge in [0.25, 0.3) is 0 Å².